The summed E-state index contributed by atoms with van der Waals surface area (Å²) in [6.45, 7) is 4.48. The molecule has 2 amide bonds. The van der Waals surface area contributed by atoms with Crippen LogP contribution in [0.25, 0.3) is 0 Å². The van der Waals surface area contributed by atoms with Gasteiger partial charge in [-0.1, -0.05) is 6.07 Å². The first kappa shape index (κ1) is 21.1. The van der Waals surface area contributed by atoms with Gasteiger partial charge in [-0.2, -0.15) is 5.10 Å². The normalized spacial score (nSPS) is 12.2. The van der Waals surface area contributed by atoms with Crippen molar-refractivity contribution < 1.29 is 19.1 Å². The van der Waals surface area contributed by atoms with Crippen molar-refractivity contribution in [1.29, 1.82) is 0 Å². The number of fused-ring (bicyclic) bond motifs is 1. The number of aromatic nitrogens is 2. The van der Waals surface area contributed by atoms with Crippen LogP contribution in [0.3, 0.4) is 0 Å². The Bertz CT molecular complexity index is 1250. The number of hydrogen-bond donors (Lipinski definition) is 2. The first-order valence-electron chi connectivity index (χ1n) is 10.1. The monoisotopic (exact) mass is 434 g/mol. The maximum absolute atomic E-state index is 12.6. The van der Waals surface area contributed by atoms with Crippen LogP contribution in [0.1, 0.15) is 21.6 Å². The summed E-state index contributed by atoms with van der Waals surface area (Å²) in [6.07, 6.45) is 0. The minimum absolute atomic E-state index is 0.0231. The number of aryl methyl sites for hydroxylation is 2. The molecule has 4 rings (SSSR count). The number of rotatable bonds is 5. The molecule has 0 saturated heterocycles. The Morgan fingerprint density at radius 3 is 2.41 bits per heavy atom. The summed E-state index contributed by atoms with van der Waals surface area (Å²) in [7, 11) is 0. The first-order valence-corrected chi connectivity index (χ1v) is 10.1. The summed E-state index contributed by atoms with van der Waals surface area (Å²) in [5.74, 6) is 0.196. The molecule has 0 saturated carbocycles. The highest BCUT2D eigenvalue weighted by molar-refractivity contribution is 6.02. The zero-order valence-corrected chi connectivity index (χ0v) is 17.7. The Morgan fingerprint density at radius 1 is 0.906 bits per heavy atom. The van der Waals surface area contributed by atoms with E-state index in [1.54, 1.807) is 24.3 Å². The second kappa shape index (κ2) is 8.93. The highest BCUT2D eigenvalue weighted by atomic mass is 16.6. The third kappa shape index (κ3) is 4.77. The fraction of sp³-hybridized carbons (Fsp3) is 0.217. The van der Waals surface area contributed by atoms with Gasteiger partial charge in [-0.25, -0.2) is 4.68 Å². The van der Waals surface area contributed by atoms with E-state index in [9.17, 15) is 14.4 Å². The number of ether oxygens (including phenoxy) is 2. The van der Waals surface area contributed by atoms with Crippen LogP contribution >= 0.6 is 0 Å². The molecule has 2 aromatic carbocycles. The molecule has 1 aliphatic rings. The summed E-state index contributed by atoms with van der Waals surface area (Å²) >= 11 is 0. The molecule has 0 spiro atoms. The van der Waals surface area contributed by atoms with E-state index >= 15 is 0 Å². The molecule has 0 bridgehead atoms. The van der Waals surface area contributed by atoms with Crippen molar-refractivity contribution in [3.05, 3.63) is 75.7 Å². The molecule has 2 N–H and O–H groups in total. The van der Waals surface area contributed by atoms with Gasteiger partial charge in [0.05, 0.1) is 0 Å². The molecule has 0 radical (unpaired) electrons. The lowest BCUT2D eigenvalue weighted by Gasteiger charge is -2.19. The Morgan fingerprint density at radius 2 is 1.62 bits per heavy atom. The molecule has 9 nitrogen and oxygen atoms in total. The van der Waals surface area contributed by atoms with Gasteiger partial charge in [0.15, 0.2) is 11.5 Å². The zero-order chi connectivity index (χ0) is 22.7. The maximum atomic E-state index is 12.6. The lowest BCUT2D eigenvalue weighted by Crippen LogP contribution is -2.31. The van der Waals surface area contributed by atoms with Gasteiger partial charge in [0.25, 0.3) is 11.5 Å². The molecule has 1 aliphatic heterocycles. The van der Waals surface area contributed by atoms with Gasteiger partial charge in [0.1, 0.15) is 25.5 Å². The standard InChI is InChI=1S/C23H22N4O5/c1-14-3-4-16(11-15(14)2)25-23(30)18-6-8-22(29)27(26-18)13-21(28)24-17-5-7-19-20(12-17)32-10-9-31-19/h3-8,11-12H,9-10,13H2,1-2H3,(H,24,28)(H,25,30). The fourth-order valence-electron chi connectivity index (χ4n) is 3.16. The Hall–Kier alpha value is -4.14. The second-order valence-corrected chi connectivity index (χ2v) is 7.37. The van der Waals surface area contributed by atoms with E-state index in [1.165, 1.54) is 12.1 Å². The lowest BCUT2D eigenvalue weighted by atomic mass is 10.1. The van der Waals surface area contributed by atoms with Gasteiger partial charge < -0.3 is 20.1 Å². The van der Waals surface area contributed by atoms with Crippen molar-refractivity contribution in [2.45, 2.75) is 20.4 Å². The second-order valence-electron chi connectivity index (χ2n) is 7.37. The highest BCUT2D eigenvalue weighted by Gasteiger charge is 2.15. The molecule has 3 aromatic rings. The average molecular weight is 434 g/mol. The van der Waals surface area contributed by atoms with Crippen LogP contribution in [-0.4, -0.2) is 34.8 Å². The van der Waals surface area contributed by atoms with Crippen molar-refractivity contribution in [3.63, 3.8) is 0 Å². The van der Waals surface area contributed by atoms with Crippen LogP contribution < -0.4 is 25.7 Å². The number of amides is 2. The number of carbonyl (C=O) groups excluding carboxylic acids is 2. The lowest BCUT2D eigenvalue weighted by molar-refractivity contribution is -0.117. The molecular weight excluding hydrogens is 412 g/mol. The Balaban J connectivity index is 1.45. The van der Waals surface area contributed by atoms with Crippen LogP contribution in [0.4, 0.5) is 11.4 Å². The van der Waals surface area contributed by atoms with Crippen LogP contribution in [0.2, 0.25) is 0 Å². The largest absolute Gasteiger partial charge is 0.486 e. The predicted molar refractivity (Wildman–Crippen MR) is 118 cm³/mol. The summed E-state index contributed by atoms with van der Waals surface area (Å²) in [5, 5.41) is 9.49. The Kier molecular flexibility index (Phi) is 5.89. The third-order valence-electron chi connectivity index (χ3n) is 4.98. The van der Waals surface area contributed by atoms with Crippen molar-refractivity contribution in [3.8, 4) is 11.5 Å². The minimum Gasteiger partial charge on any atom is -0.486 e. The molecule has 2 heterocycles. The van der Waals surface area contributed by atoms with Gasteiger partial charge in [-0.05, 0) is 55.3 Å². The van der Waals surface area contributed by atoms with Gasteiger partial charge >= 0.3 is 0 Å². The van der Waals surface area contributed by atoms with Crippen LogP contribution in [0, 0.1) is 13.8 Å². The molecule has 0 fully saturated rings. The molecule has 32 heavy (non-hydrogen) atoms. The Labute approximate surface area is 184 Å². The van der Waals surface area contributed by atoms with Crippen molar-refractivity contribution in [2.24, 2.45) is 0 Å². The number of hydrogen-bond acceptors (Lipinski definition) is 6. The smallest absolute Gasteiger partial charge is 0.276 e. The molecule has 164 valence electrons. The van der Waals surface area contributed by atoms with Crippen molar-refractivity contribution >= 4 is 23.2 Å². The topological polar surface area (TPSA) is 112 Å². The number of benzene rings is 2. The summed E-state index contributed by atoms with van der Waals surface area (Å²) in [5.41, 5.74) is 2.79. The quantitative estimate of drug-likeness (QED) is 0.638. The van der Waals surface area contributed by atoms with Crippen molar-refractivity contribution in [1.82, 2.24) is 9.78 Å². The molecule has 0 aliphatic carbocycles. The van der Waals surface area contributed by atoms with Crippen LogP contribution in [0.15, 0.2) is 53.3 Å². The van der Waals surface area contributed by atoms with Crippen LogP contribution in [0.5, 0.6) is 11.5 Å². The molecule has 1 aromatic heterocycles. The van der Waals surface area contributed by atoms with E-state index in [4.69, 9.17) is 9.47 Å². The number of carbonyl (C=O) groups is 2. The molecular formula is C23H22N4O5. The number of nitrogens with one attached hydrogen (secondary N) is 2. The molecule has 9 heteroatoms. The predicted octanol–water partition coefficient (Wildman–Crippen LogP) is 2.52. The van der Waals surface area contributed by atoms with Crippen LogP contribution in [-0.2, 0) is 11.3 Å². The van der Waals surface area contributed by atoms with E-state index in [0.29, 0.717) is 36.1 Å². The number of nitrogens with zero attached hydrogens (tertiary/aromatic N) is 2. The summed E-state index contributed by atoms with van der Waals surface area (Å²) in [6, 6.07) is 13.1. The maximum Gasteiger partial charge on any atom is 0.276 e. The van der Waals surface area contributed by atoms with Gasteiger partial charge in [0.2, 0.25) is 5.91 Å². The van der Waals surface area contributed by atoms with E-state index in [2.05, 4.69) is 15.7 Å². The van der Waals surface area contributed by atoms with E-state index in [-0.39, 0.29) is 12.2 Å². The van der Waals surface area contributed by atoms with E-state index in [1.807, 2.05) is 26.0 Å². The third-order valence-corrected chi connectivity index (χ3v) is 4.98. The first-order chi connectivity index (χ1) is 15.4. The summed E-state index contributed by atoms with van der Waals surface area (Å²) < 4.78 is 11.9. The highest BCUT2D eigenvalue weighted by Crippen LogP contribution is 2.32. The van der Waals surface area contributed by atoms with E-state index < -0.39 is 17.4 Å². The zero-order valence-electron chi connectivity index (χ0n) is 17.7. The van der Waals surface area contributed by atoms with Gasteiger partial charge in [-0.15, -0.1) is 0 Å². The summed E-state index contributed by atoms with van der Waals surface area (Å²) in [4.78, 5) is 37.2. The minimum atomic E-state index is -0.495. The number of anilines is 2. The SMILES string of the molecule is Cc1ccc(NC(=O)c2ccc(=O)n(CC(=O)Nc3ccc4c(c3)OCCO4)n2)cc1C. The average Bonchev–Trinajstić information content (AvgIpc) is 2.77. The van der Waals surface area contributed by atoms with Crippen molar-refractivity contribution in [2.75, 3.05) is 23.8 Å². The van der Waals surface area contributed by atoms with Gasteiger partial charge in [0, 0.05) is 23.5 Å². The fourth-order valence-corrected chi connectivity index (χ4v) is 3.16. The molecule has 0 unspecified atom stereocenters. The van der Waals surface area contributed by atoms with E-state index in [0.717, 1.165) is 15.8 Å². The van der Waals surface area contributed by atoms with Gasteiger partial charge in [-0.3, -0.25) is 14.4 Å². The molecule has 0 atom stereocenters.